The SMILES string of the molecule is C=C(Br)COC(=O)c1ccccc1. The van der Waals surface area contributed by atoms with Crippen LogP contribution in [-0.2, 0) is 4.74 Å². The first-order valence-corrected chi connectivity index (χ1v) is 4.55. The molecule has 0 aliphatic heterocycles. The van der Waals surface area contributed by atoms with E-state index in [1.165, 1.54) is 0 Å². The van der Waals surface area contributed by atoms with Crippen molar-refractivity contribution in [2.24, 2.45) is 0 Å². The number of carbonyl (C=O) groups excluding carboxylic acids is 1. The van der Waals surface area contributed by atoms with Crippen LogP contribution >= 0.6 is 15.9 Å². The van der Waals surface area contributed by atoms with Crippen LogP contribution < -0.4 is 0 Å². The van der Waals surface area contributed by atoms with Crippen molar-refractivity contribution in [3.8, 4) is 0 Å². The Labute approximate surface area is 85.3 Å². The summed E-state index contributed by atoms with van der Waals surface area (Å²) in [7, 11) is 0. The molecule has 0 amide bonds. The highest BCUT2D eigenvalue weighted by Crippen LogP contribution is 2.05. The summed E-state index contributed by atoms with van der Waals surface area (Å²) in [5.74, 6) is -0.332. The van der Waals surface area contributed by atoms with Gasteiger partial charge in [-0.15, -0.1) is 0 Å². The standard InChI is InChI=1S/C10H9BrO2/c1-8(11)7-13-10(12)9-5-3-2-4-6-9/h2-6H,1,7H2. The second kappa shape index (κ2) is 4.82. The van der Waals surface area contributed by atoms with Gasteiger partial charge in [0, 0.05) is 4.48 Å². The maximum Gasteiger partial charge on any atom is 0.338 e. The Hall–Kier alpha value is -1.09. The summed E-state index contributed by atoms with van der Waals surface area (Å²) < 4.78 is 5.55. The molecule has 0 aliphatic carbocycles. The third-order valence-electron chi connectivity index (χ3n) is 1.37. The normalized spacial score (nSPS) is 9.31. The molecule has 0 N–H and O–H groups in total. The maximum absolute atomic E-state index is 11.3. The lowest BCUT2D eigenvalue weighted by Crippen LogP contribution is -2.05. The molecule has 0 radical (unpaired) electrons. The number of ether oxygens (including phenoxy) is 1. The lowest BCUT2D eigenvalue weighted by atomic mass is 10.2. The molecule has 13 heavy (non-hydrogen) atoms. The smallest absolute Gasteiger partial charge is 0.338 e. The molecule has 0 aromatic heterocycles. The summed E-state index contributed by atoms with van der Waals surface area (Å²) in [5, 5.41) is 0. The van der Waals surface area contributed by atoms with E-state index in [2.05, 4.69) is 22.5 Å². The Balaban J connectivity index is 2.54. The van der Waals surface area contributed by atoms with Crippen molar-refractivity contribution in [2.75, 3.05) is 6.61 Å². The minimum atomic E-state index is -0.332. The van der Waals surface area contributed by atoms with Gasteiger partial charge in [0.1, 0.15) is 6.61 Å². The molecular formula is C10H9BrO2. The first-order valence-electron chi connectivity index (χ1n) is 3.75. The van der Waals surface area contributed by atoms with E-state index in [-0.39, 0.29) is 12.6 Å². The van der Waals surface area contributed by atoms with Crippen LogP contribution in [0.25, 0.3) is 0 Å². The highest BCUT2D eigenvalue weighted by atomic mass is 79.9. The van der Waals surface area contributed by atoms with Crippen LogP contribution in [-0.4, -0.2) is 12.6 Å². The van der Waals surface area contributed by atoms with E-state index in [9.17, 15) is 4.79 Å². The van der Waals surface area contributed by atoms with Crippen molar-refractivity contribution >= 4 is 21.9 Å². The molecule has 1 aromatic carbocycles. The van der Waals surface area contributed by atoms with Gasteiger partial charge in [-0.05, 0) is 12.1 Å². The maximum atomic E-state index is 11.3. The fourth-order valence-electron chi connectivity index (χ4n) is 0.801. The summed E-state index contributed by atoms with van der Waals surface area (Å²) in [4.78, 5) is 11.3. The van der Waals surface area contributed by atoms with E-state index in [1.54, 1.807) is 24.3 Å². The fourth-order valence-corrected chi connectivity index (χ4v) is 0.916. The molecule has 2 nitrogen and oxygen atoms in total. The number of hydrogen-bond donors (Lipinski definition) is 0. The Morgan fingerprint density at radius 3 is 2.54 bits per heavy atom. The molecule has 0 unspecified atom stereocenters. The topological polar surface area (TPSA) is 26.3 Å². The van der Waals surface area contributed by atoms with E-state index in [0.717, 1.165) is 0 Å². The molecule has 68 valence electrons. The Kier molecular flexibility index (Phi) is 3.71. The molecule has 1 aromatic rings. The van der Waals surface area contributed by atoms with Crippen molar-refractivity contribution in [2.45, 2.75) is 0 Å². The van der Waals surface area contributed by atoms with Gasteiger partial charge >= 0.3 is 5.97 Å². The van der Waals surface area contributed by atoms with Crippen LogP contribution in [0.5, 0.6) is 0 Å². The molecule has 0 saturated heterocycles. The molecule has 0 aliphatic rings. The van der Waals surface area contributed by atoms with Gasteiger partial charge in [0.15, 0.2) is 0 Å². The molecule has 3 heteroatoms. The molecule has 1 rings (SSSR count). The van der Waals surface area contributed by atoms with Gasteiger partial charge in [-0.1, -0.05) is 40.7 Å². The lowest BCUT2D eigenvalue weighted by molar-refractivity contribution is 0.0547. The van der Waals surface area contributed by atoms with Crippen LogP contribution in [0.1, 0.15) is 10.4 Å². The summed E-state index contributed by atoms with van der Waals surface area (Å²) in [6, 6.07) is 8.85. The monoisotopic (exact) mass is 240 g/mol. The summed E-state index contributed by atoms with van der Waals surface area (Å²) in [5.41, 5.74) is 0.552. The predicted molar refractivity (Wildman–Crippen MR) is 54.8 cm³/mol. The first-order chi connectivity index (χ1) is 6.20. The molecule has 0 bridgehead atoms. The average molecular weight is 241 g/mol. The van der Waals surface area contributed by atoms with E-state index in [0.29, 0.717) is 10.0 Å². The van der Waals surface area contributed by atoms with Crippen molar-refractivity contribution in [1.82, 2.24) is 0 Å². The van der Waals surface area contributed by atoms with E-state index in [1.807, 2.05) is 6.07 Å². The fraction of sp³-hybridized carbons (Fsp3) is 0.100. The Bertz CT molecular complexity index is 306. The Morgan fingerprint density at radius 1 is 1.38 bits per heavy atom. The third kappa shape index (κ3) is 3.42. The highest BCUT2D eigenvalue weighted by Gasteiger charge is 2.04. The van der Waals surface area contributed by atoms with Gasteiger partial charge in [-0.25, -0.2) is 4.79 Å². The first kappa shape index (κ1) is 9.99. The van der Waals surface area contributed by atoms with E-state index in [4.69, 9.17) is 4.74 Å². The zero-order valence-corrected chi connectivity index (χ0v) is 8.58. The zero-order chi connectivity index (χ0) is 9.68. The van der Waals surface area contributed by atoms with Crippen molar-refractivity contribution in [1.29, 1.82) is 0 Å². The molecule has 0 fully saturated rings. The lowest BCUT2D eigenvalue weighted by Gasteiger charge is -2.02. The van der Waals surface area contributed by atoms with Gasteiger partial charge < -0.3 is 4.74 Å². The number of benzene rings is 1. The van der Waals surface area contributed by atoms with Crippen molar-refractivity contribution in [3.63, 3.8) is 0 Å². The van der Waals surface area contributed by atoms with E-state index >= 15 is 0 Å². The molecule has 0 heterocycles. The van der Waals surface area contributed by atoms with Gasteiger partial charge in [0.25, 0.3) is 0 Å². The quantitative estimate of drug-likeness (QED) is 0.760. The van der Waals surface area contributed by atoms with Gasteiger partial charge in [-0.2, -0.15) is 0 Å². The molecule has 0 atom stereocenters. The number of carbonyl (C=O) groups is 1. The summed E-state index contributed by atoms with van der Waals surface area (Å²) in [6.45, 7) is 3.76. The minimum Gasteiger partial charge on any atom is -0.457 e. The summed E-state index contributed by atoms with van der Waals surface area (Å²) in [6.07, 6.45) is 0. The van der Waals surface area contributed by atoms with Gasteiger partial charge in [0.05, 0.1) is 5.56 Å². The summed E-state index contributed by atoms with van der Waals surface area (Å²) >= 11 is 3.10. The van der Waals surface area contributed by atoms with Crippen LogP contribution in [0.15, 0.2) is 41.4 Å². The minimum absolute atomic E-state index is 0.202. The second-order valence-corrected chi connectivity index (χ2v) is 3.58. The number of esters is 1. The van der Waals surface area contributed by atoms with Crippen LogP contribution in [0, 0.1) is 0 Å². The number of hydrogen-bond acceptors (Lipinski definition) is 2. The Morgan fingerprint density at radius 2 is 2.00 bits per heavy atom. The average Bonchev–Trinajstić information content (AvgIpc) is 2.15. The third-order valence-corrected chi connectivity index (χ3v) is 1.60. The molecular weight excluding hydrogens is 232 g/mol. The highest BCUT2D eigenvalue weighted by molar-refractivity contribution is 9.11. The molecule has 0 spiro atoms. The second-order valence-electron chi connectivity index (χ2n) is 2.46. The molecule has 0 saturated carbocycles. The zero-order valence-electron chi connectivity index (χ0n) is 7.00. The van der Waals surface area contributed by atoms with Gasteiger partial charge in [-0.3, -0.25) is 0 Å². The largest absolute Gasteiger partial charge is 0.457 e. The van der Waals surface area contributed by atoms with Crippen molar-refractivity contribution < 1.29 is 9.53 Å². The number of halogens is 1. The predicted octanol–water partition coefficient (Wildman–Crippen LogP) is 2.75. The van der Waals surface area contributed by atoms with Gasteiger partial charge in [0.2, 0.25) is 0 Å². The number of rotatable bonds is 3. The van der Waals surface area contributed by atoms with Crippen LogP contribution in [0.4, 0.5) is 0 Å². The van der Waals surface area contributed by atoms with Crippen LogP contribution in [0.2, 0.25) is 0 Å². The van der Waals surface area contributed by atoms with Crippen LogP contribution in [0.3, 0.4) is 0 Å². The van der Waals surface area contributed by atoms with E-state index < -0.39 is 0 Å². The van der Waals surface area contributed by atoms with Crippen molar-refractivity contribution in [3.05, 3.63) is 47.0 Å².